The van der Waals surface area contributed by atoms with Crippen LogP contribution in [0.25, 0.3) is 11.1 Å². The zero-order chi connectivity index (χ0) is 11.5. The maximum Gasteiger partial charge on any atom is 0.142 e. The van der Waals surface area contributed by atoms with Crippen LogP contribution in [0.5, 0.6) is 0 Å². The van der Waals surface area contributed by atoms with Crippen LogP contribution in [0.2, 0.25) is 0 Å². The summed E-state index contributed by atoms with van der Waals surface area (Å²) in [5.41, 5.74) is 2.50. The quantitative estimate of drug-likeness (QED) is 0.773. The fourth-order valence-electron chi connectivity index (χ4n) is 1.51. The van der Waals surface area contributed by atoms with Gasteiger partial charge in [0.2, 0.25) is 0 Å². The Morgan fingerprint density at radius 2 is 2.00 bits per heavy atom. The number of aromatic nitrogens is 2. The molecular formula is C12H10N4. The molecule has 16 heavy (non-hydrogen) atoms. The summed E-state index contributed by atoms with van der Waals surface area (Å²) < 4.78 is 1.63. The summed E-state index contributed by atoms with van der Waals surface area (Å²) in [4.78, 5) is 3.94. The van der Waals surface area contributed by atoms with E-state index in [1.165, 1.54) is 0 Å². The highest BCUT2D eigenvalue weighted by molar-refractivity contribution is 5.63. The molecule has 0 aliphatic rings. The molecule has 0 saturated carbocycles. The van der Waals surface area contributed by atoms with E-state index in [1.54, 1.807) is 30.1 Å². The van der Waals surface area contributed by atoms with Gasteiger partial charge in [0.05, 0.1) is 5.56 Å². The number of hydrogen-bond donors (Lipinski definition) is 1. The second-order valence-corrected chi connectivity index (χ2v) is 3.45. The molecule has 0 amide bonds. The van der Waals surface area contributed by atoms with Gasteiger partial charge in [-0.25, -0.2) is 0 Å². The van der Waals surface area contributed by atoms with Gasteiger partial charge >= 0.3 is 0 Å². The Labute approximate surface area is 92.9 Å². The van der Waals surface area contributed by atoms with Gasteiger partial charge in [0, 0.05) is 25.6 Å². The molecule has 4 nitrogen and oxygen atoms in total. The minimum absolute atomic E-state index is 0.223. The van der Waals surface area contributed by atoms with Gasteiger partial charge in [-0.1, -0.05) is 0 Å². The Morgan fingerprint density at radius 3 is 2.62 bits per heavy atom. The van der Waals surface area contributed by atoms with E-state index in [0.717, 1.165) is 11.1 Å². The van der Waals surface area contributed by atoms with Gasteiger partial charge in [-0.15, -0.1) is 0 Å². The van der Waals surface area contributed by atoms with Gasteiger partial charge in [-0.05, 0) is 29.3 Å². The van der Waals surface area contributed by atoms with E-state index < -0.39 is 0 Å². The van der Waals surface area contributed by atoms with Crippen molar-refractivity contribution in [2.45, 2.75) is 0 Å². The highest BCUT2D eigenvalue weighted by atomic mass is 14.9. The van der Waals surface area contributed by atoms with Crippen molar-refractivity contribution in [1.29, 1.82) is 10.7 Å². The molecule has 0 bridgehead atoms. The number of nitrogens with zero attached hydrogens (tertiary/aromatic N) is 3. The molecule has 2 rings (SSSR count). The third kappa shape index (κ3) is 1.71. The van der Waals surface area contributed by atoms with Crippen LogP contribution in [0, 0.1) is 16.7 Å². The summed E-state index contributed by atoms with van der Waals surface area (Å²) in [7, 11) is 1.76. The van der Waals surface area contributed by atoms with E-state index in [1.807, 2.05) is 24.4 Å². The third-order valence-corrected chi connectivity index (χ3v) is 2.37. The molecule has 0 aromatic carbocycles. The summed E-state index contributed by atoms with van der Waals surface area (Å²) in [6, 6.07) is 7.49. The average molecular weight is 210 g/mol. The summed E-state index contributed by atoms with van der Waals surface area (Å²) in [5.74, 6) is 0. The average Bonchev–Trinajstić information content (AvgIpc) is 2.33. The highest BCUT2D eigenvalue weighted by Crippen LogP contribution is 2.17. The Bertz CT molecular complexity index is 605. The molecule has 0 atom stereocenters. The van der Waals surface area contributed by atoms with Crippen molar-refractivity contribution >= 4 is 0 Å². The van der Waals surface area contributed by atoms with Crippen molar-refractivity contribution in [2.75, 3.05) is 0 Å². The number of aryl methyl sites for hydroxylation is 1. The van der Waals surface area contributed by atoms with E-state index in [-0.39, 0.29) is 5.49 Å². The summed E-state index contributed by atoms with van der Waals surface area (Å²) in [5, 5.41) is 16.6. The Balaban J connectivity index is 2.66. The Morgan fingerprint density at radius 1 is 1.31 bits per heavy atom. The molecule has 0 spiro atoms. The molecular weight excluding hydrogens is 200 g/mol. The van der Waals surface area contributed by atoms with Crippen LogP contribution in [-0.4, -0.2) is 9.55 Å². The number of nitriles is 1. The van der Waals surface area contributed by atoms with Crippen LogP contribution in [0.15, 0.2) is 36.8 Å². The zero-order valence-electron chi connectivity index (χ0n) is 8.81. The standard InChI is InChI=1S/C12H10N4/c1-16-8-11(6-10(7-13)12(16)14)9-2-4-15-5-3-9/h2-6,8,14H,1H3. The van der Waals surface area contributed by atoms with Crippen LogP contribution in [0.3, 0.4) is 0 Å². The number of rotatable bonds is 1. The maximum absolute atomic E-state index is 8.92. The molecule has 4 heteroatoms. The Hall–Kier alpha value is -2.41. The van der Waals surface area contributed by atoms with E-state index in [2.05, 4.69) is 4.98 Å². The first-order valence-electron chi connectivity index (χ1n) is 4.78. The largest absolute Gasteiger partial charge is 0.335 e. The first kappa shape index (κ1) is 10.1. The smallest absolute Gasteiger partial charge is 0.142 e. The molecule has 1 N–H and O–H groups in total. The molecule has 0 unspecified atom stereocenters. The second kappa shape index (κ2) is 3.99. The predicted octanol–water partition coefficient (Wildman–Crippen LogP) is 1.44. The van der Waals surface area contributed by atoms with Gasteiger partial charge in [-0.2, -0.15) is 5.26 Å². The van der Waals surface area contributed by atoms with Crippen molar-refractivity contribution in [3.8, 4) is 17.2 Å². The Kier molecular flexibility index (Phi) is 2.52. The predicted molar refractivity (Wildman–Crippen MR) is 59.2 cm³/mol. The maximum atomic E-state index is 8.92. The van der Waals surface area contributed by atoms with E-state index >= 15 is 0 Å². The van der Waals surface area contributed by atoms with E-state index in [9.17, 15) is 0 Å². The van der Waals surface area contributed by atoms with Crippen molar-refractivity contribution in [1.82, 2.24) is 9.55 Å². The molecule has 2 heterocycles. The first-order chi connectivity index (χ1) is 7.72. The topological polar surface area (TPSA) is 65.5 Å². The number of nitrogens with one attached hydrogen (secondary N) is 1. The van der Waals surface area contributed by atoms with Gasteiger partial charge in [0.15, 0.2) is 0 Å². The van der Waals surface area contributed by atoms with Gasteiger partial charge in [0.25, 0.3) is 0 Å². The van der Waals surface area contributed by atoms with Crippen molar-refractivity contribution in [3.63, 3.8) is 0 Å². The zero-order valence-corrected chi connectivity index (χ0v) is 8.81. The lowest BCUT2D eigenvalue weighted by atomic mass is 10.1. The second-order valence-electron chi connectivity index (χ2n) is 3.45. The van der Waals surface area contributed by atoms with Gasteiger partial charge in [-0.3, -0.25) is 10.4 Å². The lowest BCUT2D eigenvalue weighted by Gasteiger charge is -2.06. The summed E-state index contributed by atoms with van der Waals surface area (Å²) in [6.45, 7) is 0. The van der Waals surface area contributed by atoms with Crippen LogP contribution >= 0.6 is 0 Å². The monoisotopic (exact) mass is 210 g/mol. The summed E-state index contributed by atoms with van der Waals surface area (Å²) >= 11 is 0. The minimum atomic E-state index is 0.223. The third-order valence-electron chi connectivity index (χ3n) is 2.37. The highest BCUT2D eigenvalue weighted by Gasteiger charge is 2.03. The molecule has 0 radical (unpaired) electrons. The molecule has 0 aliphatic carbocycles. The fourth-order valence-corrected chi connectivity index (χ4v) is 1.51. The molecule has 0 aliphatic heterocycles. The molecule has 2 aromatic heterocycles. The minimum Gasteiger partial charge on any atom is -0.335 e. The fraction of sp³-hybridized carbons (Fsp3) is 0.0833. The van der Waals surface area contributed by atoms with Crippen LogP contribution < -0.4 is 5.49 Å². The van der Waals surface area contributed by atoms with Crippen molar-refractivity contribution in [2.24, 2.45) is 7.05 Å². The SMILES string of the molecule is Cn1cc(-c2ccncc2)cc(C#N)c1=N. The van der Waals surface area contributed by atoms with Gasteiger partial charge < -0.3 is 4.57 Å². The van der Waals surface area contributed by atoms with Gasteiger partial charge in [0.1, 0.15) is 11.6 Å². The molecule has 0 fully saturated rings. The number of hydrogen-bond acceptors (Lipinski definition) is 3. The van der Waals surface area contributed by atoms with Crippen LogP contribution in [0.4, 0.5) is 0 Å². The summed E-state index contributed by atoms with van der Waals surface area (Å²) in [6.07, 6.45) is 5.24. The lowest BCUT2D eigenvalue weighted by Crippen LogP contribution is -2.19. The lowest BCUT2D eigenvalue weighted by molar-refractivity contribution is 0.813. The first-order valence-corrected chi connectivity index (χ1v) is 4.78. The van der Waals surface area contributed by atoms with Crippen LogP contribution in [0.1, 0.15) is 5.56 Å². The molecule has 0 saturated heterocycles. The van der Waals surface area contributed by atoms with E-state index in [0.29, 0.717) is 5.56 Å². The van der Waals surface area contributed by atoms with E-state index in [4.69, 9.17) is 10.7 Å². The van der Waals surface area contributed by atoms with Crippen molar-refractivity contribution in [3.05, 3.63) is 47.8 Å². The van der Waals surface area contributed by atoms with Crippen molar-refractivity contribution < 1.29 is 0 Å². The normalized spacial score (nSPS) is 9.75. The molecule has 78 valence electrons. The van der Waals surface area contributed by atoms with Crippen LogP contribution in [-0.2, 0) is 7.05 Å². The molecule has 2 aromatic rings. The number of pyridine rings is 2.